The van der Waals surface area contributed by atoms with Gasteiger partial charge in [0.1, 0.15) is 5.75 Å². The largest absolute Gasteiger partial charge is 0.495 e. The molecule has 1 aromatic heterocycles. The maximum absolute atomic E-state index is 10.8. The van der Waals surface area contributed by atoms with Gasteiger partial charge < -0.3 is 14.4 Å². The van der Waals surface area contributed by atoms with E-state index in [9.17, 15) is 4.79 Å². The van der Waals surface area contributed by atoms with Gasteiger partial charge >= 0.3 is 5.97 Å². The average molecular weight is 218 g/mol. The summed E-state index contributed by atoms with van der Waals surface area (Å²) in [5.41, 5.74) is 0.950. The summed E-state index contributed by atoms with van der Waals surface area (Å²) in [7, 11) is 1.50. The normalized spacial score (nSPS) is 10.1. The lowest BCUT2D eigenvalue weighted by Crippen LogP contribution is -2.00. The zero-order valence-corrected chi connectivity index (χ0v) is 8.62. The Balaban J connectivity index is 2.51. The molecule has 0 unspecified atom stereocenters. The lowest BCUT2D eigenvalue weighted by atomic mass is 10.2. The number of hydrogen-bond donors (Lipinski definition) is 1. The molecular weight excluding hydrogens is 208 g/mol. The third-order valence-electron chi connectivity index (χ3n) is 2.21. The Kier molecular flexibility index (Phi) is 2.59. The number of ether oxygens (including phenoxy) is 1. The molecular formula is C11H10N2O3. The number of nitrogens with zero attached hydrogens (tertiary/aromatic N) is 2. The van der Waals surface area contributed by atoms with E-state index in [0.29, 0.717) is 5.75 Å². The van der Waals surface area contributed by atoms with E-state index in [-0.39, 0.29) is 5.56 Å². The van der Waals surface area contributed by atoms with E-state index in [1.54, 1.807) is 29.4 Å². The van der Waals surface area contributed by atoms with Crippen molar-refractivity contribution < 1.29 is 14.6 Å². The number of benzene rings is 1. The van der Waals surface area contributed by atoms with Crippen LogP contribution in [0.1, 0.15) is 10.4 Å². The quantitative estimate of drug-likeness (QED) is 0.849. The van der Waals surface area contributed by atoms with Crippen molar-refractivity contribution in [1.29, 1.82) is 0 Å². The summed E-state index contributed by atoms with van der Waals surface area (Å²) in [6, 6.07) is 4.70. The molecule has 2 rings (SSSR count). The van der Waals surface area contributed by atoms with Crippen LogP contribution in [0, 0.1) is 0 Å². The molecule has 0 bridgehead atoms. The Morgan fingerprint density at radius 2 is 2.31 bits per heavy atom. The molecule has 0 atom stereocenters. The van der Waals surface area contributed by atoms with Gasteiger partial charge in [0.15, 0.2) is 0 Å². The summed E-state index contributed by atoms with van der Waals surface area (Å²) in [6.07, 6.45) is 5.03. The summed E-state index contributed by atoms with van der Waals surface area (Å²) in [6.45, 7) is 0. The first kappa shape index (κ1) is 10.2. The van der Waals surface area contributed by atoms with Crippen molar-refractivity contribution in [3.8, 4) is 11.4 Å². The Bertz CT molecular complexity index is 506. The number of imidazole rings is 1. The van der Waals surface area contributed by atoms with Crippen molar-refractivity contribution in [3.05, 3.63) is 42.5 Å². The fourth-order valence-corrected chi connectivity index (χ4v) is 1.43. The van der Waals surface area contributed by atoms with Gasteiger partial charge in [0.2, 0.25) is 0 Å². The second kappa shape index (κ2) is 4.06. The highest BCUT2D eigenvalue weighted by atomic mass is 16.5. The maximum atomic E-state index is 10.8. The molecule has 5 nitrogen and oxygen atoms in total. The molecule has 0 amide bonds. The number of aromatic nitrogens is 2. The van der Waals surface area contributed by atoms with Crippen molar-refractivity contribution in [1.82, 2.24) is 9.55 Å². The van der Waals surface area contributed by atoms with Gasteiger partial charge in [0, 0.05) is 12.4 Å². The van der Waals surface area contributed by atoms with E-state index in [2.05, 4.69) is 4.98 Å². The molecule has 82 valence electrons. The molecule has 1 heterocycles. The Labute approximate surface area is 91.9 Å². The van der Waals surface area contributed by atoms with E-state index >= 15 is 0 Å². The summed E-state index contributed by atoms with van der Waals surface area (Å²) in [5.74, 6) is -0.478. The van der Waals surface area contributed by atoms with Gasteiger partial charge in [-0.1, -0.05) is 0 Å². The minimum atomic E-state index is -0.976. The summed E-state index contributed by atoms with van der Waals surface area (Å²) >= 11 is 0. The SMILES string of the molecule is COc1cc(C(=O)O)ccc1-n1ccnc1. The topological polar surface area (TPSA) is 64.3 Å². The number of rotatable bonds is 3. The van der Waals surface area contributed by atoms with Crippen LogP contribution in [0.3, 0.4) is 0 Å². The molecule has 2 aromatic rings. The van der Waals surface area contributed by atoms with Crippen molar-refractivity contribution in [2.24, 2.45) is 0 Å². The van der Waals surface area contributed by atoms with Crippen molar-refractivity contribution in [3.63, 3.8) is 0 Å². The third-order valence-corrected chi connectivity index (χ3v) is 2.21. The molecule has 0 spiro atoms. The van der Waals surface area contributed by atoms with Crippen LogP contribution in [0.4, 0.5) is 0 Å². The highest BCUT2D eigenvalue weighted by Crippen LogP contribution is 2.23. The molecule has 1 aromatic carbocycles. The van der Waals surface area contributed by atoms with E-state index in [1.165, 1.54) is 19.2 Å². The highest BCUT2D eigenvalue weighted by molar-refractivity contribution is 5.88. The zero-order valence-electron chi connectivity index (χ0n) is 8.62. The number of carbonyl (C=O) groups is 1. The lowest BCUT2D eigenvalue weighted by molar-refractivity contribution is 0.0696. The minimum absolute atomic E-state index is 0.195. The second-order valence-corrected chi connectivity index (χ2v) is 3.16. The number of methoxy groups -OCH3 is 1. The number of hydrogen-bond acceptors (Lipinski definition) is 3. The Morgan fingerprint density at radius 1 is 1.50 bits per heavy atom. The van der Waals surface area contributed by atoms with Crippen molar-refractivity contribution >= 4 is 5.97 Å². The Hall–Kier alpha value is -2.30. The molecule has 0 saturated heterocycles. The van der Waals surface area contributed by atoms with E-state index in [1.807, 2.05) is 0 Å². The smallest absolute Gasteiger partial charge is 0.335 e. The summed E-state index contributed by atoms with van der Waals surface area (Å²) in [5, 5.41) is 8.85. The third kappa shape index (κ3) is 1.75. The van der Waals surface area contributed by atoms with Crippen LogP contribution in [0.25, 0.3) is 5.69 Å². The number of carboxylic acids is 1. The molecule has 0 aliphatic rings. The molecule has 5 heteroatoms. The molecule has 0 fully saturated rings. The van der Waals surface area contributed by atoms with Crippen LogP contribution >= 0.6 is 0 Å². The zero-order chi connectivity index (χ0) is 11.5. The number of aromatic carboxylic acids is 1. The van der Waals surface area contributed by atoms with Gasteiger partial charge in [-0.25, -0.2) is 9.78 Å². The fourth-order valence-electron chi connectivity index (χ4n) is 1.43. The van der Waals surface area contributed by atoms with E-state index in [4.69, 9.17) is 9.84 Å². The van der Waals surface area contributed by atoms with Crippen LogP contribution in [0.2, 0.25) is 0 Å². The monoisotopic (exact) mass is 218 g/mol. The van der Waals surface area contributed by atoms with Gasteiger partial charge in [-0.3, -0.25) is 0 Å². The molecule has 0 saturated carbocycles. The van der Waals surface area contributed by atoms with Crippen LogP contribution in [-0.2, 0) is 0 Å². The van der Waals surface area contributed by atoms with Crippen LogP contribution < -0.4 is 4.74 Å². The first-order valence-electron chi connectivity index (χ1n) is 4.62. The van der Waals surface area contributed by atoms with Gasteiger partial charge in [0.25, 0.3) is 0 Å². The summed E-state index contributed by atoms with van der Waals surface area (Å²) < 4.78 is 6.90. The van der Waals surface area contributed by atoms with Gasteiger partial charge in [0.05, 0.1) is 24.7 Å². The average Bonchev–Trinajstić information content (AvgIpc) is 2.81. The van der Waals surface area contributed by atoms with E-state index in [0.717, 1.165) is 5.69 Å². The van der Waals surface area contributed by atoms with Gasteiger partial charge in [-0.05, 0) is 18.2 Å². The van der Waals surface area contributed by atoms with Crippen LogP contribution in [-0.4, -0.2) is 27.7 Å². The Morgan fingerprint density at radius 3 is 2.88 bits per heavy atom. The highest BCUT2D eigenvalue weighted by Gasteiger charge is 2.09. The van der Waals surface area contributed by atoms with Crippen molar-refractivity contribution in [2.75, 3.05) is 7.11 Å². The first-order valence-corrected chi connectivity index (χ1v) is 4.62. The van der Waals surface area contributed by atoms with Crippen LogP contribution in [0.15, 0.2) is 36.9 Å². The predicted octanol–water partition coefficient (Wildman–Crippen LogP) is 1.58. The number of carboxylic acid groups (broad SMARTS) is 1. The van der Waals surface area contributed by atoms with Gasteiger partial charge in [-0.15, -0.1) is 0 Å². The summed E-state index contributed by atoms with van der Waals surface area (Å²) in [4.78, 5) is 14.7. The minimum Gasteiger partial charge on any atom is -0.495 e. The van der Waals surface area contributed by atoms with Crippen LogP contribution in [0.5, 0.6) is 5.75 Å². The first-order chi connectivity index (χ1) is 7.72. The molecule has 1 N–H and O–H groups in total. The standard InChI is InChI=1S/C11H10N2O3/c1-16-10-6-8(11(14)15)2-3-9(10)13-5-4-12-7-13/h2-7H,1H3,(H,14,15). The molecule has 0 aliphatic heterocycles. The molecule has 16 heavy (non-hydrogen) atoms. The molecule has 0 radical (unpaired) electrons. The molecule has 0 aliphatic carbocycles. The van der Waals surface area contributed by atoms with Gasteiger partial charge in [-0.2, -0.15) is 0 Å². The fraction of sp³-hybridized carbons (Fsp3) is 0.0909. The maximum Gasteiger partial charge on any atom is 0.335 e. The lowest BCUT2D eigenvalue weighted by Gasteiger charge is -2.09. The van der Waals surface area contributed by atoms with E-state index < -0.39 is 5.97 Å². The second-order valence-electron chi connectivity index (χ2n) is 3.16. The van der Waals surface area contributed by atoms with Crippen molar-refractivity contribution in [2.45, 2.75) is 0 Å². The predicted molar refractivity (Wildman–Crippen MR) is 57.1 cm³/mol.